The highest BCUT2D eigenvalue weighted by molar-refractivity contribution is 5.67. The first-order valence-electron chi connectivity index (χ1n) is 6.46. The molecule has 0 unspecified atom stereocenters. The molecular formula is C14H16N2O4. The van der Waals surface area contributed by atoms with Gasteiger partial charge in [-0.25, -0.2) is 0 Å². The van der Waals surface area contributed by atoms with Gasteiger partial charge in [0.25, 0.3) is 5.89 Å². The van der Waals surface area contributed by atoms with Gasteiger partial charge in [-0.2, -0.15) is 4.98 Å². The lowest BCUT2D eigenvalue weighted by Gasteiger charge is -2.09. The Balaban J connectivity index is 1.96. The summed E-state index contributed by atoms with van der Waals surface area (Å²) >= 11 is 0. The van der Waals surface area contributed by atoms with E-state index in [1.807, 2.05) is 18.2 Å². The Labute approximate surface area is 116 Å². The van der Waals surface area contributed by atoms with E-state index in [0.717, 1.165) is 18.6 Å². The summed E-state index contributed by atoms with van der Waals surface area (Å²) in [6, 6.07) is 5.55. The van der Waals surface area contributed by atoms with Gasteiger partial charge in [-0.1, -0.05) is 11.2 Å². The molecule has 0 spiro atoms. The first-order chi connectivity index (χ1) is 9.83. The van der Waals surface area contributed by atoms with Crippen LogP contribution in [0, 0.1) is 0 Å². The number of hydrogen-bond donors (Lipinski definition) is 0. The minimum atomic E-state index is 0.212. The van der Waals surface area contributed by atoms with Crippen LogP contribution in [0.25, 0.3) is 11.5 Å². The number of methoxy groups -OCH3 is 2. The predicted molar refractivity (Wildman–Crippen MR) is 71.0 cm³/mol. The molecule has 1 fully saturated rings. The van der Waals surface area contributed by atoms with Crippen LogP contribution in [0.3, 0.4) is 0 Å². The van der Waals surface area contributed by atoms with Crippen LogP contribution < -0.4 is 9.47 Å². The van der Waals surface area contributed by atoms with Gasteiger partial charge in [0, 0.05) is 12.5 Å². The van der Waals surface area contributed by atoms with Crippen LogP contribution in [0.5, 0.6) is 11.5 Å². The highest BCUT2D eigenvalue weighted by atomic mass is 16.5. The zero-order valence-corrected chi connectivity index (χ0v) is 11.5. The van der Waals surface area contributed by atoms with E-state index in [-0.39, 0.29) is 5.92 Å². The zero-order valence-electron chi connectivity index (χ0n) is 11.5. The van der Waals surface area contributed by atoms with Gasteiger partial charge in [-0.3, -0.25) is 0 Å². The minimum absolute atomic E-state index is 0.212. The fraction of sp³-hybridized carbons (Fsp3) is 0.429. The van der Waals surface area contributed by atoms with E-state index in [2.05, 4.69) is 10.1 Å². The number of nitrogens with zero attached hydrogens (tertiary/aromatic N) is 2. The van der Waals surface area contributed by atoms with E-state index in [4.69, 9.17) is 18.7 Å². The fourth-order valence-corrected chi connectivity index (χ4v) is 2.30. The lowest BCUT2D eigenvalue weighted by atomic mass is 10.1. The molecule has 0 bridgehead atoms. The van der Waals surface area contributed by atoms with E-state index in [0.29, 0.717) is 29.8 Å². The number of hydrogen-bond acceptors (Lipinski definition) is 6. The zero-order chi connectivity index (χ0) is 13.9. The standard InChI is InChI=1S/C14H16N2O4/c1-17-11-5-3-4-10(12(11)18-2)14-15-13(16-20-14)9-6-7-19-8-9/h3-5,9H,6-8H2,1-2H3/t9-/m0/s1. The summed E-state index contributed by atoms with van der Waals surface area (Å²) in [4.78, 5) is 4.45. The minimum Gasteiger partial charge on any atom is -0.493 e. The first kappa shape index (κ1) is 12.9. The summed E-state index contributed by atoms with van der Waals surface area (Å²) in [6.45, 7) is 1.39. The topological polar surface area (TPSA) is 66.6 Å². The lowest BCUT2D eigenvalue weighted by Crippen LogP contribution is -1.99. The van der Waals surface area contributed by atoms with Crippen LogP contribution in [0.15, 0.2) is 22.7 Å². The van der Waals surface area contributed by atoms with Crippen molar-refractivity contribution in [2.75, 3.05) is 27.4 Å². The van der Waals surface area contributed by atoms with Gasteiger partial charge in [0.2, 0.25) is 0 Å². The van der Waals surface area contributed by atoms with E-state index in [1.54, 1.807) is 14.2 Å². The normalized spacial score (nSPS) is 18.2. The van der Waals surface area contributed by atoms with Gasteiger partial charge >= 0.3 is 0 Å². The summed E-state index contributed by atoms with van der Waals surface area (Å²) in [5.41, 5.74) is 0.726. The summed E-state index contributed by atoms with van der Waals surface area (Å²) in [7, 11) is 3.18. The highest BCUT2D eigenvalue weighted by Gasteiger charge is 2.24. The maximum atomic E-state index is 5.38. The lowest BCUT2D eigenvalue weighted by molar-refractivity contribution is 0.192. The third-order valence-corrected chi connectivity index (χ3v) is 3.37. The van der Waals surface area contributed by atoms with Crippen molar-refractivity contribution in [2.45, 2.75) is 12.3 Å². The van der Waals surface area contributed by atoms with Gasteiger partial charge < -0.3 is 18.7 Å². The Kier molecular flexibility index (Phi) is 3.56. The van der Waals surface area contributed by atoms with E-state index in [9.17, 15) is 0 Å². The molecule has 0 aliphatic carbocycles. The molecule has 1 aromatic heterocycles. The second-order valence-corrected chi connectivity index (χ2v) is 4.56. The predicted octanol–water partition coefficient (Wildman–Crippen LogP) is 2.26. The Morgan fingerprint density at radius 3 is 2.85 bits per heavy atom. The number of aromatic nitrogens is 2. The average Bonchev–Trinajstić information content (AvgIpc) is 3.16. The Morgan fingerprint density at radius 1 is 1.25 bits per heavy atom. The van der Waals surface area contributed by atoms with Gasteiger partial charge in [0.1, 0.15) is 0 Å². The van der Waals surface area contributed by atoms with Crippen LogP contribution >= 0.6 is 0 Å². The van der Waals surface area contributed by atoms with Crippen LogP contribution in [0.4, 0.5) is 0 Å². The average molecular weight is 276 g/mol. The van der Waals surface area contributed by atoms with Crippen molar-refractivity contribution in [3.8, 4) is 23.0 Å². The number of rotatable bonds is 4. The van der Waals surface area contributed by atoms with Crippen molar-refractivity contribution in [3.05, 3.63) is 24.0 Å². The molecular weight excluding hydrogens is 260 g/mol. The molecule has 1 aliphatic heterocycles. The molecule has 0 radical (unpaired) electrons. The molecule has 0 amide bonds. The maximum absolute atomic E-state index is 5.38. The molecule has 3 rings (SSSR count). The monoisotopic (exact) mass is 276 g/mol. The molecule has 20 heavy (non-hydrogen) atoms. The second-order valence-electron chi connectivity index (χ2n) is 4.56. The van der Waals surface area contributed by atoms with Gasteiger partial charge in [-0.05, 0) is 18.6 Å². The molecule has 106 valence electrons. The molecule has 2 heterocycles. The van der Waals surface area contributed by atoms with Crippen molar-refractivity contribution in [1.82, 2.24) is 10.1 Å². The summed E-state index contributed by atoms with van der Waals surface area (Å²) in [6.07, 6.45) is 0.925. The maximum Gasteiger partial charge on any atom is 0.261 e. The number of para-hydroxylation sites is 1. The van der Waals surface area contributed by atoms with Crippen LogP contribution in [-0.2, 0) is 4.74 Å². The molecule has 1 atom stereocenters. The molecule has 1 aromatic carbocycles. The van der Waals surface area contributed by atoms with E-state index in [1.165, 1.54) is 0 Å². The third kappa shape index (κ3) is 2.22. The molecule has 6 nitrogen and oxygen atoms in total. The number of benzene rings is 1. The largest absolute Gasteiger partial charge is 0.493 e. The summed E-state index contributed by atoms with van der Waals surface area (Å²) in [5.74, 6) is 2.55. The SMILES string of the molecule is COc1cccc(-c2nc([C@H]3CCOC3)no2)c1OC. The van der Waals surface area contributed by atoms with E-state index >= 15 is 0 Å². The second kappa shape index (κ2) is 5.50. The van der Waals surface area contributed by atoms with E-state index < -0.39 is 0 Å². The molecule has 0 saturated carbocycles. The van der Waals surface area contributed by atoms with Crippen molar-refractivity contribution in [1.29, 1.82) is 0 Å². The summed E-state index contributed by atoms with van der Waals surface area (Å²) in [5, 5.41) is 4.04. The van der Waals surface area contributed by atoms with Crippen molar-refractivity contribution in [2.24, 2.45) is 0 Å². The van der Waals surface area contributed by atoms with Crippen molar-refractivity contribution >= 4 is 0 Å². The quantitative estimate of drug-likeness (QED) is 0.853. The van der Waals surface area contributed by atoms with Gasteiger partial charge in [-0.15, -0.1) is 0 Å². The van der Waals surface area contributed by atoms with Crippen LogP contribution in [-0.4, -0.2) is 37.6 Å². The smallest absolute Gasteiger partial charge is 0.261 e. The first-order valence-corrected chi connectivity index (χ1v) is 6.46. The fourth-order valence-electron chi connectivity index (χ4n) is 2.30. The summed E-state index contributed by atoms with van der Waals surface area (Å²) < 4.78 is 21.3. The Hall–Kier alpha value is -2.08. The number of ether oxygens (including phenoxy) is 3. The van der Waals surface area contributed by atoms with Gasteiger partial charge in [0.15, 0.2) is 17.3 Å². The molecule has 1 aliphatic rings. The Bertz CT molecular complexity index is 591. The van der Waals surface area contributed by atoms with Crippen molar-refractivity contribution in [3.63, 3.8) is 0 Å². The highest BCUT2D eigenvalue weighted by Crippen LogP contribution is 2.37. The molecule has 0 N–H and O–H groups in total. The molecule has 1 saturated heterocycles. The molecule has 2 aromatic rings. The van der Waals surface area contributed by atoms with Gasteiger partial charge in [0.05, 0.1) is 26.4 Å². The molecule has 6 heteroatoms. The van der Waals surface area contributed by atoms with Crippen LogP contribution in [0.2, 0.25) is 0 Å². The Morgan fingerprint density at radius 2 is 2.15 bits per heavy atom. The van der Waals surface area contributed by atoms with Crippen LogP contribution in [0.1, 0.15) is 18.2 Å². The third-order valence-electron chi connectivity index (χ3n) is 3.37. The van der Waals surface area contributed by atoms with Crippen molar-refractivity contribution < 1.29 is 18.7 Å².